The lowest BCUT2D eigenvalue weighted by atomic mass is 9.96. The van der Waals surface area contributed by atoms with E-state index in [0.717, 1.165) is 17.0 Å². The minimum absolute atomic E-state index is 0. The van der Waals surface area contributed by atoms with E-state index >= 15 is 0 Å². The van der Waals surface area contributed by atoms with Crippen molar-refractivity contribution in [3.8, 4) is 0 Å². The summed E-state index contributed by atoms with van der Waals surface area (Å²) in [6, 6.07) is 1.33. The number of nitrogens with one attached hydrogen (secondary N) is 1. The topological polar surface area (TPSA) is 69.6 Å². The summed E-state index contributed by atoms with van der Waals surface area (Å²) in [5.41, 5.74) is -0.320. The number of hydrogen-bond donors (Lipinski definition) is 2. The molecule has 0 radical (unpaired) electrons. The second kappa shape index (κ2) is 8.17. The van der Waals surface area contributed by atoms with Crippen molar-refractivity contribution >= 4 is 30.0 Å². The van der Waals surface area contributed by atoms with Crippen LogP contribution in [0.25, 0.3) is 0 Å². The van der Waals surface area contributed by atoms with Crippen molar-refractivity contribution in [1.29, 1.82) is 0 Å². The molecule has 0 saturated carbocycles. The summed E-state index contributed by atoms with van der Waals surface area (Å²) in [6.07, 6.45) is -4.71. The number of rotatable bonds is 4. The number of hydrogen-bond acceptors (Lipinski definition) is 3. The smallest absolute Gasteiger partial charge is 0.393 e. The largest absolute Gasteiger partial charge is 0.481 e. The lowest BCUT2D eigenvalue weighted by Gasteiger charge is -2.23. The van der Waals surface area contributed by atoms with Crippen LogP contribution in [0.5, 0.6) is 0 Å². The highest BCUT2D eigenvalue weighted by molar-refractivity contribution is 5.94. The molecule has 1 heterocycles. The summed E-state index contributed by atoms with van der Waals surface area (Å²) in [6.45, 7) is 0.176. The van der Waals surface area contributed by atoms with Crippen LogP contribution in [-0.4, -0.2) is 47.2 Å². The number of carbonyl (C=O) groups excluding carboxylic acids is 1. The van der Waals surface area contributed by atoms with Gasteiger partial charge in [0.05, 0.1) is 23.6 Å². The first-order chi connectivity index (χ1) is 11.5. The fraction of sp³-hybridized carbons (Fsp3) is 0.467. The van der Waals surface area contributed by atoms with Crippen molar-refractivity contribution < 1.29 is 36.6 Å². The number of carbonyl (C=O) groups is 2. The van der Waals surface area contributed by atoms with Crippen LogP contribution in [0.1, 0.15) is 6.92 Å². The third kappa shape index (κ3) is 4.82. The van der Waals surface area contributed by atoms with Gasteiger partial charge in [-0.3, -0.25) is 14.5 Å². The molecule has 0 aliphatic carbocycles. The number of carboxylic acid groups (broad SMARTS) is 1. The van der Waals surface area contributed by atoms with Crippen molar-refractivity contribution in [3.63, 3.8) is 0 Å². The molecular weight excluding hydrogens is 387 g/mol. The Balaban J connectivity index is 0.00000338. The highest BCUT2D eigenvalue weighted by atomic mass is 35.5. The predicted octanol–water partition coefficient (Wildman–Crippen LogP) is 2.91. The Kier molecular flexibility index (Phi) is 6.95. The van der Waals surface area contributed by atoms with Crippen molar-refractivity contribution in [2.45, 2.75) is 19.1 Å². The normalized spacial score (nSPS) is 21.8. The monoisotopic (exact) mass is 402 g/mol. The number of likely N-dealkylation sites (tertiary alicyclic amines) is 1. The average molecular weight is 403 g/mol. The standard InChI is InChI=1S/C15H15F5N2O3.ClH/c1-7(13(23)21-12-3-2-8(16)4-11(12)17)22-5-9(14(24)25)10(6-22)15(18,19)20;/h2-4,7,9-10H,5-6H2,1H3,(H,21,23)(H,24,25);1H/t7?,9-,10-;/m1./s1. The van der Waals surface area contributed by atoms with Crippen LogP contribution in [0.2, 0.25) is 0 Å². The van der Waals surface area contributed by atoms with E-state index in [1.54, 1.807) is 0 Å². The minimum atomic E-state index is -4.71. The molecule has 1 fully saturated rings. The Morgan fingerprint density at radius 3 is 2.35 bits per heavy atom. The number of nitrogens with zero attached hydrogens (tertiary/aromatic N) is 1. The Hall–Kier alpha value is -1.94. The Bertz CT molecular complexity index is 686. The van der Waals surface area contributed by atoms with Crippen molar-refractivity contribution in [1.82, 2.24) is 4.90 Å². The Morgan fingerprint density at radius 1 is 1.27 bits per heavy atom. The number of amides is 1. The molecule has 1 aliphatic rings. The number of aliphatic carboxylic acids is 1. The lowest BCUT2D eigenvalue weighted by Crippen LogP contribution is -2.41. The van der Waals surface area contributed by atoms with Crippen molar-refractivity contribution in [2.24, 2.45) is 11.8 Å². The van der Waals surface area contributed by atoms with E-state index in [-0.39, 0.29) is 18.1 Å². The number of halogens is 6. The Morgan fingerprint density at radius 2 is 1.88 bits per heavy atom. The number of alkyl halides is 3. The summed E-state index contributed by atoms with van der Waals surface area (Å²) in [7, 11) is 0. The molecule has 1 amide bonds. The molecule has 1 aromatic rings. The minimum Gasteiger partial charge on any atom is -0.481 e. The van der Waals surface area contributed by atoms with Gasteiger partial charge in [-0.05, 0) is 19.1 Å². The molecule has 1 aliphatic heterocycles. The molecule has 0 bridgehead atoms. The quantitative estimate of drug-likeness (QED) is 0.760. The molecule has 5 nitrogen and oxygen atoms in total. The second-order valence-corrected chi connectivity index (χ2v) is 5.84. The fourth-order valence-corrected chi connectivity index (χ4v) is 2.73. The average Bonchev–Trinajstić information content (AvgIpc) is 2.94. The van der Waals surface area contributed by atoms with Gasteiger partial charge in [0.25, 0.3) is 0 Å². The second-order valence-electron chi connectivity index (χ2n) is 5.84. The van der Waals surface area contributed by atoms with Crippen LogP contribution < -0.4 is 5.32 Å². The lowest BCUT2D eigenvalue weighted by molar-refractivity contribution is -0.188. The molecule has 26 heavy (non-hydrogen) atoms. The first-order valence-corrected chi connectivity index (χ1v) is 7.30. The number of benzene rings is 1. The maximum atomic E-state index is 13.5. The van der Waals surface area contributed by atoms with E-state index in [1.165, 1.54) is 6.92 Å². The molecule has 3 atom stereocenters. The molecule has 1 saturated heterocycles. The van der Waals surface area contributed by atoms with Gasteiger partial charge in [-0.1, -0.05) is 0 Å². The zero-order chi connectivity index (χ0) is 18.9. The molecule has 2 N–H and O–H groups in total. The summed E-state index contributed by atoms with van der Waals surface area (Å²) >= 11 is 0. The van der Waals surface area contributed by atoms with Crippen LogP contribution in [0.15, 0.2) is 18.2 Å². The third-order valence-corrected chi connectivity index (χ3v) is 4.20. The highest BCUT2D eigenvalue weighted by Gasteiger charge is 2.53. The van der Waals surface area contributed by atoms with Crippen molar-refractivity contribution in [3.05, 3.63) is 29.8 Å². The first-order valence-electron chi connectivity index (χ1n) is 7.30. The van der Waals surface area contributed by atoms with Gasteiger partial charge in [0, 0.05) is 19.2 Å². The number of carboxylic acids is 1. The molecule has 0 aromatic heterocycles. The summed E-state index contributed by atoms with van der Waals surface area (Å²) in [5.74, 6) is -8.07. The third-order valence-electron chi connectivity index (χ3n) is 4.20. The van der Waals surface area contributed by atoms with E-state index in [2.05, 4.69) is 5.32 Å². The van der Waals surface area contributed by atoms with Crippen LogP contribution in [0, 0.1) is 23.5 Å². The van der Waals surface area contributed by atoms with Gasteiger partial charge in [-0.15, -0.1) is 12.4 Å². The molecule has 0 spiro atoms. The Labute approximate surface area is 151 Å². The summed E-state index contributed by atoms with van der Waals surface area (Å²) in [4.78, 5) is 24.3. The van der Waals surface area contributed by atoms with Gasteiger partial charge in [0.15, 0.2) is 0 Å². The van der Waals surface area contributed by atoms with E-state index in [9.17, 15) is 31.5 Å². The molecule has 146 valence electrons. The maximum absolute atomic E-state index is 13.5. The molecular formula is C15H16ClF5N2O3. The highest BCUT2D eigenvalue weighted by Crippen LogP contribution is 2.38. The zero-order valence-corrected chi connectivity index (χ0v) is 14.2. The van der Waals surface area contributed by atoms with E-state index in [4.69, 9.17) is 5.11 Å². The van der Waals surface area contributed by atoms with E-state index in [0.29, 0.717) is 6.07 Å². The first kappa shape index (κ1) is 22.1. The maximum Gasteiger partial charge on any atom is 0.393 e. The summed E-state index contributed by atoms with van der Waals surface area (Å²) in [5, 5.41) is 11.1. The fourth-order valence-electron chi connectivity index (χ4n) is 2.73. The van der Waals surface area contributed by atoms with Gasteiger partial charge in [-0.2, -0.15) is 13.2 Å². The van der Waals surface area contributed by atoms with Gasteiger partial charge in [0.2, 0.25) is 5.91 Å². The van der Waals surface area contributed by atoms with Crippen LogP contribution in [0.3, 0.4) is 0 Å². The summed E-state index contributed by atoms with van der Waals surface area (Å²) < 4.78 is 65.3. The van der Waals surface area contributed by atoms with Gasteiger partial charge < -0.3 is 10.4 Å². The van der Waals surface area contributed by atoms with E-state index < -0.39 is 60.7 Å². The van der Waals surface area contributed by atoms with Gasteiger partial charge >= 0.3 is 12.1 Å². The zero-order valence-electron chi connectivity index (χ0n) is 13.4. The van der Waals surface area contributed by atoms with E-state index in [1.807, 2.05) is 0 Å². The molecule has 1 aromatic carbocycles. The predicted molar refractivity (Wildman–Crippen MR) is 83.9 cm³/mol. The molecule has 1 unspecified atom stereocenters. The number of anilines is 1. The van der Waals surface area contributed by atoms with Crippen LogP contribution in [0.4, 0.5) is 27.6 Å². The van der Waals surface area contributed by atoms with Gasteiger partial charge in [0.1, 0.15) is 11.6 Å². The van der Waals surface area contributed by atoms with Crippen LogP contribution >= 0.6 is 12.4 Å². The van der Waals surface area contributed by atoms with Crippen molar-refractivity contribution in [2.75, 3.05) is 18.4 Å². The molecule has 11 heteroatoms. The van der Waals surface area contributed by atoms with Crippen LogP contribution in [-0.2, 0) is 9.59 Å². The SMILES string of the molecule is CC(C(=O)Nc1ccc(F)cc1F)N1C[C@@H](C(F)(F)F)[C@H](C(=O)O)C1.Cl. The molecule has 2 rings (SSSR count). The van der Waals surface area contributed by atoms with Gasteiger partial charge in [-0.25, -0.2) is 8.78 Å².